The Bertz CT molecular complexity index is 539. The van der Waals surface area contributed by atoms with Crippen molar-refractivity contribution in [1.29, 1.82) is 0 Å². The first kappa shape index (κ1) is 14.9. The molecule has 0 spiro atoms. The van der Waals surface area contributed by atoms with Crippen molar-refractivity contribution >= 4 is 16.5 Å². The van der Waals surface area contributed by atoms with Crippen LogP contribution in [0.5, 0.6) is 0 Å². The van der Waals surface area contributed by atoms with Gasteiger partial charge < -0.3 is 10.1 Å². The summed E-state index contributed by atoms with van der Waals surface area (Å²) in [6, 6.07) is 8.36. The fraction of sp³-hybridized carbons (Fsp3) is 0.467. The van der Waals surface area contributed by atoms with Gasteiger partial charge >= 0.3 is 0 Å². The minimum atomic E-state index is 0.613. The van der Waals surface area contributed by atoms with Gasteiger partial charge in [0.1, 0.15) is 5.01 Å². The number of rotatable bonds is 7. The molecule has 0 amide bonds. The number of aromatic nitrogens is 2. The molecular formula is C15H21N3OS. The number of nitrogens with zero attached hydrogens (tertiary/aromatic N) is 2. The van der Waals surface area contributed by atoms with Crippen LogP contribution in [-0.2, 0) is 24.3 Å². The molecule has 0 atom stereocenters. The van der Waals surface area contributed by atoms with E-state index in [9.17, 15) is 0 Å². The van der Waals surface area contributed by atoms with Crippen molar-refractivity contribution < 1.29 is 4.74 Å². The quantitative estimate of drug-likeness (QED) is 0.848. The molecule has 0 bridgehead atoms. The van der Waals surface area contributed by atoms with E-state index in [4.69, 9.17) is 4.74 Å². The van der Waals surface area contributed by atoms with E-state index in [0.717, 1.165) is 23.1 Å². The predicted octanol–water partition coefficient (Wildman–Crippen LogP) is 3.50. The van der Waals surface area contributed by atoms with Gasteiger partial charge in [0.05, 0.1) is 6.61 Å². The van der Waals surface area contributed by atoms with Crippen molar-refractivity contribution in [3.05, 3.63) is 40.4 Å². The highest BCUT2D eigenvalue weighted by atomic mass is 32.1. The third-order valence-corrected chi connectivity index (χ3v) is 3.70. The van der Waals surface area contributed by atoms with E-state index >= 15 is 0 Å². The van der Waals surface area contributed by atoms with Gasteiger partial charge in [-0.25, -0.2) is 0 Å². The van der Waals surface area contributed by atoms with Crippen molar-refractivity contribution in [2.75, 3.05) is 12.4 Å². The molecule has 1 aromatic carbocycles. The molecule has 0 aliphatic rings. The van der Waals surface area contributed by atoms with Crippen molar-refractivity contribution in [2.45, 2.75) is 33.4 Å². The molecule has 0 saturated carbocycles. The zero-order valence-corrected chi connectivity index (χ0v) is 13.0. The molecule has 5 heteroatoms. The van der Waals surface area contributed by atoms with E-state index in [2.05, 4.69) is 53.6 Å². The molecule has 0 aliphatic carbocycles. The molecule has 0 radical (unpaired) electrons. The Hall–Kier alpha value is -1.46. The van der Waals surface area contributed by atoms with Gasteiger partial charge in [0, 0.05) is 20.1 Å². The molecule has 0 aliphatic heterocycles. The number of methoxy groups -OCH3 is 1. The Morgan fingerprint density at radius 2 is 2.05 bits per heavy atom. The van der Waals surface area contributed by atoms with E-state index in [0.29, 0.717) is 12.5 Å². The minimum Gasteiger partial charge on any atom is -0.380 e. The van der Waals surface area contributed by atoms with E-state index in [1.54, 1.807) is 18.4 Å². The van der Waals surface area contributed by atoms with E-state index in [1.807, 2.05) is 0 Å². The molecule has 2 rings (SSSR count). The van der Waals surface area contributed by atoms with Gasteiger partial charge in [-0.1, -0.05) is 49.4 Å². The molecule has 1 N–H and O–H groups in total. The number of nitrogens with one attached hydrogen (secondary N) is 1. The second kappa shape index (κ2) is 7.36. The smallest absolute Gasteiger partial charge is 0.205 e. The predicted molar refractivity (Wildman–Crippen MR) is 82.9 cm³/mol. The number of benzene rings is 1. The van der Waals surface area contributed by atoms with Crippen LogP contribution in [0.3, 0.4) is 0 Å². The second-order valence-electron chi connectivity index (χ2n) is 5.21. The van der Waals surface area contributed by atoms with Crippen molar-refractivity contribution in [2.24, 2.45) is 5.92 Å². The van der Waals surface area contributed by atoms with Crippen LogP contribution in [0.2, 0.25) is 0 Å². The molecule has 20 heavy (non-hydrogen) atoms. The van der Waals surface area contributed by atoms with Crippen LogP contribution in [0.25, 0.3) is 0 Å². The van der Waals surface area contributed by atoms with Gasteiger partial charge in [0.15, 0.2) is 0 Å². The zero-order chi connectivity index (χ0) is 14.4. The molecule has 0 unspecified atom stereocenters. The number of anilines is 1. The van der Waals surface area contributed by atoms with Crippen LogP contribution in [0.15, 0.2) is 24.3 Å². The molecule has 108 valence electrons. The summed E-state index contributed by atoms with van der Waals surface area (Å²) in [5.74, 6) is 0.613. The zero-order valence-electron chi connectivity index (χ0n) is 12.2. The maximum atomic E-state index is 5.15. The maximum Gasteiger partial charge on any atom is 0.205 e. The fourth-order valence-corrected chi connectivity index (χ4v) is 2.88. The van der Waals surface area contributed by atoms with Gasteiger partial charge in [-0.2, -0.15) is 0 Å². The lowest BCUT2D eigenvalue weighted by Crippen LogP contribution is -2.00. The molecule has 4 nitrogen and oxygen atoms in total. The molecule has 0 saturated heterocycles. The molecule has 1 aromatic heterocycles. The monoisotopic (exact) mass is 291 g/mol. The highest BCUT2D eigenvalue weighted by Crippen LogP contribution is 2.19. The Morgan fingerprint density at radius 1 is 1.25 bits per heavy atom. The molecular weight excluding hydrogens is 270 g/mol. The fourth-order valence-electron chi connectivity index (χ4n) is 1.93. The van der Waals surface area contributed by atoms with Gasteiger partial charge in [0.2, 0.25) is 5.13 Å². The van der Waals surface area contributed by atoms with Crippen LogP contribution in [-0.4, -0.2) is 17.3 Å². The molecule has 0 fully saturated rings. The van der Waals surface area contributed by atoms with Crippen LogP contribution in [0.4, 0.5) is 5.13 Å². The van der Waals surface area contributed by atoms with Crippen molar-refractivity contribution in [1.82, 2.24) is 10.2 Å². The highest BCUT2D eigenvalue weighted by molar-refractivity contribution is 7.15. The SMILES string of the molecule is COCc1cccc(CNc2nnc(CC(C)C)s2)c1. The first-order valence-electron chi connectivity index (χ1n) is 6.80. The van der Waals surface area contributed by atoms with Gasteiger partial charge in [0.25, 0.3) is 0 Å². The number of hydrogen-bond acceptors (Lipinski definition) is 5. The third-order valence-electron chi connectivity index (χ3n) is 2.80. The highest BCUT2D eigenvalue weighted by Gasteiger charge is 2.06. The summed E-state index contributed by atoms with van der Waals surface area (Å²) in [5, 5.41) is 13.7. The van der Waals surface area contributed by atoms with Gasteiger partial charge in [-0.15, -0.1) is 10.2 Å². The number of ether oxygens (including phenoxy) is 1. The topological polar surface area (TPSA) is 47.0 Å². The Kier molecular flexibility index (Phi) is 5.49. The summed E-state index contributed by atoms with van der Waals surface area (Å²) in [4.78, 5) is 0. The summed E-state index contributed by atoms with van der Waals surface area (Å²) < 4.78 is 5.15. The summed E-state index contributed by atoms with van der Waals surface area (Å²) in [5.41, 5.74) is 2.41. The maximum absolute atomic E-state index is 5.15. The van der Waals surface area contributed by atoms with Crippen molar-refractivity contribution in [3.63, 3.8) is 0 Å². The average molecular weight is 291 g/mol. The Labute approximate surface area is 124 Å². The van der Waals surface area contributed by atoms with Gasteiger partial charge in [-0.3, -0.25) is 0 Å². The van der Waals surface area contributed by atoms with Crippen LogP contribution in [0, 0.1) is 5.92 Å². The first-order valence-corrected chi connectivity index (χ1v) is 7.62. The third kappa shape index (κ3) is 4.58. The van der Waals surface area contributed by atoms with Crippen LogP contribution < -0.4 is 5.32 Å². The van der Waals surface area contributed by atoms with E-state index < -0.39 is 0 Å². The van der Waals surface area contributed by atoms with Crippen LogP contribution >= 0.6 is 11.3 Å². The van der Waals surface area contributed by atoms with Crippen molar-refractivity contribution in [3.8, 4) is 0 Å². The number of hydrogen-bond donors (Lipinski definition) is 1. The Morgan fingerprint density at radius 3 is 2.80 bits per heavy atom. The van der Waals surface area contributed by atoms with E-state index in [1.165, 1.54) is 11.1 Å². The Balaban J connectivity index is 1.91. The summed E-state index contributed by atoms with van der Waals surface area (Å²) >= 11 is 1.64. The summed E-state index contributed by atoms with van der Waals surface area (Å²) in [6.45, 7) is 5.78. The standard InChI is InChI=1S/C15H21N3OS/c1-11(2)7-14-17-18-15(20-14)16-9-12-5-4-6-13(8-12)10-19-3/h4-6,8,11H,7,9-10H2,1-3H3,(H,16,18). The summed E-state index contributed by atoms with van der Waals surface area (Å²) in [6.07, 6.45) is 0.989. The lowest BCUT2D eigenvalue weighted by molar-refractivity contribution is 0.185. The average Bonchev–Trinajstić information content (AvgIpc) is 2.84. The molecule has 2 aromatic rings. The van der Waals surface area contributed by atoms with Crippen LogP contribution in [0.1, 0.15) is 30.0 Å². The lowest BCUT2D eigenvalue weighted by atomic mass is 10.1. The minimum absolute atomic E-state index is 0.613. The second-order valence-corrected chi connectivity index (χ2v) is 6.27. The largest absolute Gasteiger partial charge is 0.380 e. The normalized spacial score (nSPS) is 11.0. The summed E-state index contributed by atoms with van der Waals surface area (Å²) in [7, 11) is 1.71. The lowest BCUT2D eigenvalue weighted by Gasteiger charge is -2.05. The first-order chi connectivity index (χ1) is 9.67. The molecule has 1 heterocycles. The van der Waals surface area contributed by atoms with E-state index in [-0.39, 0.29) is 0 Å². The van der Waals surface area contributed by atoms with Gasteiger partial charge in [-0.05, 0) is 17.0 Å².